The Labute approximate surface area is 106 Å². The minimum Gasteiger partial charge on any atom is -0.379 e. The van der Waals surface area contributed by atoms with Gasteiger partial charge in [0.25, 0.3) is 5.69 Å². The fraction of sp³-hybridized carbons (Fsp3) is 0.455. The number of nitrogens with zero attached hydrogens (tertiary/aromatic N) is 1. The Morgan fingerprint density at radius 1 is 1.39 bits per heavy atom. The highest BCUT2D eigenvalue weighted by molar-refractivity contribution is 7.90. The maximum Gasteiger partial charge on any atom is 0.295 e. The number of benzene rings is 1. The normalized spacial score (nSPS) is 11.2. The molecule has 0 unspecified atom stereocenters. The van der Waals surface area contributed by atoms with E-state index < -0.39 is 14.8 Å². The van der Waals surface area contributed by atoms with Crippen LogP contribution in [0.4, 0.5) is 11.4 Å². The highest BCUT2D eigenvalue weighted by atomic mass is 32.2. The van der Waals surface area contributed by atoms with Crippen LogP contribution in [-0.2, 0) is 9.84 Å². The lowest BCUT2D eigenvalue weighted by Crippen LogP contribution is -2.10. The number of nitrogens with one attached hydrogen (secondary N) is 1. The van der Waals surface area contributed by atoms with Gasteiger partial charge in [-0.3, -0.25) is 10.1 Å². The van der Waals surface area contributed by atoms with Gasteiger partial charge < -0.3 is 5.32 Å². The van der Waals surface area contributed by atoms with Crippen molar-refractivity contribution in [2.75, 3.05) is 23.9 Å². The van der Waals surface area contributed by atoms with E-state index in [9.17, 15) is 18.5 Å². The molecule has 0 aliphatic heterocycles. The highest BCUT2D eigenvalue weighted by Crippen LogP contribution is 2.27. The van der Waals surface area contributed by atoms with Gasteiger partial charge in [0.2, 0.25) is 0 Å². The molecular formula is C11H16N2O4S. The quantitative estimate of drug-likeness (QED) is 0.484. The average Bonchev–Trinajstić information content (AvgIpc) is 2.22. The number of sulfone groups is 1. The Hall–Kier alpha value is -1.63. The molecule has 0 fully saturated rings. The second kappa shape index (κ2) is 5.81. The number of anilines is 1. The molecule has 0 saturated heterocycles. The van der Waals surface area contributed by atoms with Crippen molar-refractivity contribution in [1.82, 2.24) is 0 Å². The van der Waals surface area contributed by atoms with Crippen molar-refractivity contribution >= 4 is 21.2 Å². The Balaban J connectivity index is 2.68. The predicted molar refractivity (Wildman–Crippen MR) is 70.7 cm³/mol. The molecule has 0 aliphatic carbocycles. The fourth-order valence-corrected chi connectivity index (χ4v) is 2.27. The van der Waals surface area contributed by atoms with Crippen LogP contribution in [0.1, 0.15) is 12.0 Å². The van der Waals surface area contributed by atoms with Gasteiger partial charge in [-0.15, -0.1) is 0 Å². The summed E-state index contributed by atoms with van der Waals surface area (Å²) in [6, 6.07) is 5.01. The second-order valence-corrected chi connectivity index (χ2v) is 6.40. The monoisotopic (exact) mass is 272 g/mol. The van der Waals surface area contributed by atoms with Crippen molar-refractivity contribution in [3.63, 3.8) is 0 Å². The molecule has 1 aromatic carbocycles. The number of nitro groups is 1. The predicted octanol–water partition coefficient (Wildman–Crippen LogP) is 1.75. The summed E-state index contributed by atoms with van der Waals surface area (Å²) < 4.78 is 21.9. The summed E-state index contributed by atoms with van der Waals surface area (Å²) in [6.45, 7) is 2.05. The van der Waals surface area contributed by atoms with Gasteiger partial charge in [-0.25, -0.2) is 8.42 Å². The van der Waals surface area contributed by atoms with Gasteiger partial charge in [-0.05, 0) is 19.4 Å². The van der Waals surface area contributed by atoms with Crippen molar-refractivity contribution in [2.45, 2.75) is 13.3 Å². The van der Waals surface area contributed by atoms with Crippen molar-refractivity contribution in [2.24, 2.45) is 0 Å². The summed E-state index contributed by atoms with van der Waals surface area (Å²) in [7, 11) is -2.99. The summed E-state index contributed by atoms with van der Waals surface area (Å²) in [5, 5.41) is 13.8. The summed E-state index contributed by atoms with van der Waals surface area (Å²) in [4.78, 5) is 10.5. The molecule has 0 atom stereocenters. The van der Waals surface area contributed by atoms with E-state index in [4.69, 9.17) is 0 Å². The number of nitro benzene ring substituents is 1. The Morgan fingerprint density at radius 2 is 2.06 bits per heavy atom. The van der Waals surface area contributed by atoms with Crippen LogP contribution in [-0.4, -0.2) is 31.9 Å². The molecule has 0 aliphatic rings. The zero-order chi connectivity index (χ0) is 13.8. The standard InChI is InChI=1S/C11H16N2O4S/c1-9-5-3-6-10(11(9)13(14)15)12-7-4-8-18(2,16)17/h3,5-6,12H,4,7-8H2,1-2H3. The molecule has 6 nitrogen and oxygen atoms in total. The molecule has 0 amide bonds. The lowest BCUT2D eigenvalue weighted by atomic mass is 10.1. The number of hydrogen-bond donors (Lipinski definition) is 1. The van der Waals surface area contributed by atoms with Crippen LogP contribution >= 0.6 is 0 Å². The first-order chi connectivity index (χ1) is 8.31. The van der Waals surface area contributed by atoms with E-state index in [1.807, 2.05) is 0 Å². The van der Waals surface area contributed by atoms with Crippen LogP contribution in [0.3, 0.4) is 0 Å². The smallest absolute Gasteiger partial charge is 0.295 e. The molecule has 1 N–H and O–H groups in total. The summed E-state index contributed by atoms with van der Waals surface area (Å²) in [6.07, 6.45) is 1.59. The van der Waals surface area contributed by atoms with E-state index in [2.05, 4.69) is 5.32 Å². The molecule has 7 heteroatoms. The third kappa shape index (κ3) is 4.33. The lowest BCUT2D eigenvalue weighted by Gasteiger charge is -2.08. The lowest BCUT2D eigenvalue weighted by molar-refractivity contribution is -0.384. The third-order valence-electron chi connectivity index (χ3n) is 2.43. The van der Waals surface area contributed by atoms with Crippen LogP contribution in [0, 0.1) is 17.0 Å². The van der Waals surface area contributed by atoms with Crippen LogP contribution in [0.25, 0.3) is 0 Å². The SMILES string of the molecule is Cc1cccc(NCCCS(C)(=O)=O)c1[N+](=O)[O-]. The van der Waals surface area contributed by atoms with Crippen molar-refractivity contribution in [3.05, 3.63) is 33.9 Å². The maximum absolute atomic E-state index is 10.9. The molecule has 100 valence electrons. The van der Waals surface area contributed by atoms with Gasteiger partial charge >= 0.3 is 0 Å². The maximum atomic E-state index is 10.9. The van der Waals surface area contributed by atoms with Gasteiger partial charge in [0, 0.05) is 18.4 Å². The van der Waals surface area contributed by atoms with E-state index in [0.29, 0.717) is 24.2 Å². The summed E-state index contributed by atoms with van der Waals surface area (Å²) >= 11 is 0. The van der Waals surface area contributed by atoms with Crippen LogP contribution in [0.2, 0.25) is 0 Å². The minimum absolute atomic E-state index is 0.0388. The number of hydrogen-bond acceptors (Lipinski definition) is 5. The fourth-order valence-electron chi connectivity index (χ4n) is 1.60. The van der Waals surface area contributed by atoms with E-state index >= 15 is 0 Å². The van der Waals surface area contributed by atoms with Crippen molar-refractivity contribution in [1.29, 1.82) is 0 Å². The Kier molecular flexibility index (Phi) is 4.66. The van der Waals surface area contributed by atoms with Crippen molar-refractivity contribution in [3.8, 4) is 0 Å². The van der Waals surface area contributed by atoms with Crippen LogP contribution < -0.4 is 5.32 Å². The average molecular weight is 272 g/mol. The van der Waals surface area contributed by atoms with E-state index in [1.165, 1.54) is 6.26 Å². The van der Waals surface area contributed by atoms with E-state index in [1.54, 1.807) is 25.1 Å². The molecule has 0 saturated carbocycles. The molecule has 0 radical (unpaired) electrons. The highest BCUT2D eigenvalue weighted by Gasteiger charge is 2.16. The number of aryl methyl sites for hydroxylation is 1. The molecule has 0 heterocycles. The Morgan fingerprint density at radius 3 is 2.61 bits per heavy atom. The van der Waals surface area contributed by atoms with E-state index in [0.717, 1.165) is 0 Å². The van der Waals surface area contributed by atoms with Gasteiger partial charge in [0.05, 0.1) is 10.7 Å². The molecule has 18 heavy (non-hydrogen) atoms. The van der Waals surface area contributed by atoms with E-state index in [-0.39, 0.29) is 11.4 Å². The first kappa shape index (κ1) is 14.4. The van der Waals surface area contributed by atoms with Crippen LogP contribution in [0.15, 0.2) is 18.2 Å². The van der Waals surface area contributed by atoms with Gasteiger partial charge in [-0.1, -0.05) is 12.1 Å². The molecule has 1 aromatic rings. The molecule has 0 spiro atoms. The molecule has 1 rings (SSSR count). The second-order valence-electron chi connectivity index (χ2n) is 4.14. The zero-order valence-corrected chi connectivity index (χ0v) is 11.2. The number of rotatable bonds is 6. The summed E-state index contributed by atoms with van der Waals surface area (Å²) in [5.41, 5.74) is 1.04. The third-order valence-corrected chi connectivity index (χ3v) is 3.46. The summed E-state index contributed by atoms with van der Waals surface area (Å²) in [5.74, 6) is 0.0691. The molecule has 0 aromatic heterocycles. The molecular weight excluding hydrogens is 256 g/mol. The zero-order valence-electron chi connectivity index (χ0n) is 10.3. The molecule has 0 bridgehead atoms. The van der Waals surface area contributed by atoms with Crippen molar-refractivity contribution < 1.29 is 13.3 Å². The Bertz CT molecular complexity index is 540. The minimum atomic E-state index is -2.99. The topological polar surface area (TPSA) is 89.3 Å². The van der Waals surface area contributed by atoms with Gasteiger partial charge in [0.1, 0.15) is 15.5 Å². The first-order valence-electron chi connectivity index (χ1n) is 5.47. The van der Waals surface area contributed by atoms with Gasteiger partial charge in [0.15, 0.2) is 0 Å². The number of para-hydroxylation sites is 1. The van der Waals surface area contributed by atoms with Gasteiger partial charge in [-0.2, -0.15) is 0 Å². The first-order valence-corrected chi connectivity index (χ1v) is 7.53. The van der Waals surface area contributed by atoms with Crippen LogP contribution in [0.5, 0.6) is 0 Å². The largest absolute Gasteiger partial charge is 0.379 e.